The first-order valence-electron chi connectivity index (χ1n) is 11.5. The van der Waals surface area contributed by atoms with Gasteiger partial charge in [0.25, 0.3) is 5.91 Å². The molecule has 0 N–H and O–H groups in total. The first-order chi connectivity index (χ1) is 16.1. The first kappa shape index (κ1) is 21.3. The van der Waals surface area contributed by atoms with Crippen LogP contribution in [0.5, 0.6) is 5.75 Å². The van der Waals surface area contributed by atoms with Crippen molar-refractivity contribution in [3.05, 3.63) is 78.4 Å². The van der Waals surface area contributed by atoms with Crippen LogP contribution >= 0.6 is 0 Å². The van der Waals surface area contributed by atoms with Crippen LogP contribution in [0.4, 0.5) is 4.79 Å². The third-order valence-electron chi connectivity index (χ3n) is 6.75. The molecule has 0 bridgehead atoms. The first-order valence-corrected chi connectivity index (χ1v) is 11.5. The molecule has 2 atom stereocenters. The fourth-order valence-corrected chi connectivity index (χ4v) is 5.00. The van der Waals surface area contributed by atoms with Gasteiger partial charge in [-0.2, -0.15) is 0 Å². The van der Waals surface area contributed by atoms with E-state index < -0.39 is 0 Å². The van der Waals surface area contributed by atoms with Gasteiger partial charge in [0.05, 0.1) is 6.04 Å². The van der Waals surface area contributed by atoms with Crippen molar-refractivity contribution in [2.45, 2.75) is 38.0 Å². The third-order valence-corrected chi connectivity index (χ3v) is 6.75. The minimum atomic E-state index is -0.264. The standard InChI is InChI=1S/C27H28N2O4/c1-19-26(21-9-3-2-4-10-21)33-27(31)29(19)22-14-16-28(17-15-22)25(30)18-32-24-13-7-11-20-8-5-6-12-23(20)24/h2-13,19,22,26H,14-18H2,1H3/t19-,26-/m1/s1. The van der Waals surface area contributed by atoms with Crippen molar-refractivity contribution in [1.29, 1.82) is 0 Å². The summed E-state index contributed by atoms with van der Waals surface area (Å²) in [6, 6.07) is 23.7. The molecule has 3 aromatic rings. The molecule has 0 radical (unpaired) electrons. The number of carbonyl (C=O) groups is 2. The van der Waals surface area contributed by atoms with Gasteiger partial charge in [-0.15, -0.1) is 0 Å². The molecule has 2 amide bonds. The summed E-state index contributed by atoms with van der Waals surface area (Å²) in [6.07, 6.45) is 0.954. The number of piperidine rings is 1. The minimum absolute atomic E-state index is 0.0108. The summed E-state index contributed by atoms with van der Waals surface area (Å²) in [7, 11) is 0. The van der Waals surface area contributed by atoms with Gasteiger partial charge >= 0.3 is 6.09 Å². The van der Waals surface area contributed by atoms with E-state index >= 15 is 0 Å². The molecular weight excluding hydrogens is 416 g/mol. The molecule has 5 rings (SSSR count). The number of rotatable bonds is 5. The topological polar surface area (TPSA) is 59.1 Å². The number of amides is 2. The van der Waals surface area contributed by atoms with Crippen molar-refractivity contribution in [1.82, 2.24) is 9.80 Å². The van der Waals surface area contributed by atoms with Crippen molar-refractivity contribution < 1.29 is 19.1 Å². The number of hydrogen-bond acceptors (Lipinski definition) is 4. The van der Waals surface area contributed by atoms with Gasteiger partial charge in [0.1, 0.15) is 11.9 Å². The molecule has 0 spiro atoms. The highest BCUT2D eigenvalue weighted by Gasteiger charge is 2.44. The Morgan fingerprint density at radius 1 is 0.970 bits per heavy atom. The Hall–Kier alpha value is -3.54. The van der Waals surface area contributed by atoms with Crippen LogP contribution in [0.1, 0.15) is 31.4 Å². The summed E-state index contributed by atoms with van der Waals surface area (Å²) in [6.45, 7) is 3.26. The summed E-state index contributed by atoms with van der Waals surface area (Å²) >= 11 is 0. The van der Waals surface area contributed by atoms with E-state index in [0.29, 0.717) is 13.1 Å². The molecule has 2 aliphatic heterocycles. The normalized spacial score (nSPS) is 21.3. The minimum Gasteiger partial charge on any atom is -0.483 e. The number of likely N-dealkylation sites (tertiary alicyclic amines) is 1. The maximum Gasteiger partial charge on any atom is 0.411 e. The lowest BCUT2D eigenvalue weighted by molar-refractivity contribution is -0.134. The Bertz CT molecular complexity index is 1140. The van der Waals surface area contributed by atoms with Crippen molar-refractivity contribution in [3.63, 3.8) is 0 Å². The van der Waals surface area contributed by atoms with Gasteiger partial charge in [0.2, 0.25) is 0 Å². The van der Waals surface area contributed by atoms with Crippen molar-refractivity contribution in [3.8, 4) is 5.75 Å². The molecule has 0 saturated carbocycles. The Morgan fingerprint density at radius 2 is 1.67 bits per heavy atom. The Morgan fingerprint density at radius 3 is 2.45 bits per heavy atom. The number of carbonyl (C=O) groups excluding carboxylic acids is 2. The van der Waals surface area contributed by atoms with Gasteiger partial charge in [0, 0.05) is 24.5 Å². The average molecular weight is 445 g/mol. The van der Waals surface area contributed by atoms with Gasteiger partial charge in [-0.25, -0.2) is 4.79 Å². The number of cyclic esters (lactones) is 1. The van der Waals surface area contributed by atoms with E-state index in [9.17, 15) is 9.59 Å². The maximum atomic E-state index is 12.8. The zero-order chi connectivity index (χ0) is 22.8. The molecule has 0 aliphatic carbocycles. The lowest BCUT2D eigenvalue weighted by atomic mass is 9.98. The van der Waals surface area contributed by atoms with Crippen molar-refractivity contribution in [2.24, 2.45) is 0 Å². The molecular formula is C27H28N2O4. The average Bonchev–Trinajstić information content (AvgIpc) is 3.16. The highest BCUT2D eigenvalue weighted by atomic mass is 16.6. The molecule has 6 heteroatoms. The molecule has 3 aromatic carbocycles. The summed E-state index contributed by atoms with van der Waals surface area (Å²) in [5, 5.41) is 2.09. The van der Waals surface area contributed by atoms with E-state index in [1.54, 1.807) is 0 Å². The highest BCUT2D eigenvalue weighted by Crippen LogP contribution is 2.35. The Labute approximate surface area is 193 Å². The maximum absolute atomic E-state index is 12.8. The van der Waals surface area contributed by atoms with Crippen LogP contribution in [0.3, 0.4) is 0 Å². The number of nitrogens with zero attached hydrogens (tertiary/aromatic N) is 2. The van der Waals surface area contributed by atoms with E-state index in [0.717, 1.165) is 34.9 Å². The molecule has 6 nitrogen and oxygen atoms in total. The lowest BCUT2D eigenvalue weighted by Crippen LogP contribution is -2.50. The highest BCUT2D eigenvalue weighted by molar-refractivity contribution is 5.88. The zero-order valence-electron chi connectivity index (χ0n) is 18.7. The van der Waals surface area contributed by atoms with Crippen LogP contribution in [0.2, 0.25) is 0 Å². The molecule has 2 fully saturated rings. The molecule has 2 heterocycles. The van der Waals surface area contributed by atoms with Gasteiger partial charge in [-0.3, -0.25) is 9.69 Å². The third kappa shape index (κ3) is 4.25. The van der Waals surface area contributed by atoms with E-state index in [1.807, 2.05) is 89.5 Å². The fraction of sp³-hybridized carbons (Fsp3) is 0.333. The number of fused-ring (bicyclic) bond motifs is 1. The molecule has 33 heavy (non-hydrogen) atoms. The Kier molecular flexibility index (Phi) is 5.90. The predicted molar refractivity (Wildman–Crippen MR) is 126 cm³/mol. The summed E-state index contributed by atoms with van der Waals surface area (Å²) in [5.41, 5.74) is 1.01. The van der Waals surface area contributed by atoms with E-state index in [2.05, 4.69) is 0 Å². The van der Waals surface area contributed by atoms with Gasteiger partial charge in [-0.05, 0) is 36.8 Å². The molecule has 170 valence electrons. The number of hydrogen-bond donors (Lipinski definition) is 0. The fourth-order valence-electron chi connectivity index (χ4n) is 5.00. The molecule has 2 saturated heterocycles. The SMILES string of the molecule is C[C@@H]1[C@H](c2ccccc2)OC(=O)N1C1CCN(C(=O)COc2cccc3ccccc23)CC1. The van der Waals surface area contributed by atoms with Crippen LogP contribution in [0, 0.1) is 0 Å². The predicted octanol–water partition coefficient (Wildman–Crippen LogP) is 4.79. The molecule has 2 aliphatic rings. The van der Waals surface area contributed by atoms with Crippen molar-refractivity contribution in [2.75, 3.05) is 19.7 Å². The second-order valence-electron chi connectivity index (χ2n) is 8.74. The zero-order valence-corrected chi connectivity index (χ0v) is 18.7. The van der Waals surface area contributed by atoms with E-state index in [1.165, 1.54) is 0 Å². The second-order valence-corrected chi connectivity index (χ2v) is 8.74. The van der Waals surface area contributed by atoms with Crippen LogP contribution in [0.25, 0.3) is 10.8 Å². The summed E-state index contributed by atoms with van der Waals surface area (Å²) < 4.78 is 11.6. The van der Waals surface area contributed by atoms with Gasteiger partial charge < -0.3 is 14.4 Å². The quantitative estimate of drug-likeness (QED) is 0.568. The molecule has 0 unspecified atom stereocenters. The van der Waals surface area contributed by atoms with Crippen LogP contribution in [-0.2, 0) is 9.53 Å². The van der Waals surface area contributed by atoms with E-state index in [-0.39, 0.29) is 36.8 Å². The number of benzene rings is 3. The second kappa shape index (κ2) is 9.14. The Balaban J connectivity index is 1.17. The smallest absolute Gasteiger partial charge is 0.411 e. The monoisotopic (exact) mass is 444 g/mol. The number of ether oxygens (including phenoxy) is 2. The van der Waals surface area contributed by atoms with Crippen LogP contribution in [-0.4, -0.2) is 53.6 Å². The van der Waals surface area contributed by atoms with Gasteiger partial charge in [0.15, 0.2) is 6.61 Å². The molecule has 0 aromatic heterocycles. The summed E-state index contributed by atoms with van der Waals surface area (Å²) in [4.78, 5) is 29.2. The van der Waals surface area contributed by atoms with Crippen LogP contribution in [0.15, 0.2) is 72.8 Å². The van der Waals surface area contributed by atoms with Crippen molar-refractivity contribution >= 4 is 22.8 Å². The largest absolute Gasteiger partial charge is 0.483 e. The lowest BCUT2D eigenvalue weighted by Gasteiger charge is -2.37. The summed E-state index contributed by atoms with van der Waals surface area (Å²) in [5.74, 6) is 0.692. The van der Waals surface area contributed by atoms with Crippen LogP contribution < -0.4 is 4.74 Å². The van der Waals surface area contributed by atoms with Gasteiger partial charge in [-0.1, -0.05) is 66.7 Å². The van der Waals surface area contributed by atoms with E-state index in [4.69, 9.17) is 9.47 Å².